The summed E-state index contributed by atoms with van der Waals surface area (Å²) < 4.78 is 111. The lowest BCUT2D eigenvalue weighted by Crippen LogP contribution is -2.67. The molecule has 8 nitrogen and oxygen atoms in total. The van der Waals surface area contributed by atoms with Crippen LogP contribution in [0.1, 0.15) is 79.1 Å². The van der Waals surface area contributed by atoms with Crippen LogP contribution in [-0.4, -0.2) is 59.2 Å². The minimum atomic E-state index is -4.81. The van der Waals surface area contributed by atoms with Crippen molar-refractivity contribution >= 4 is 21.6 Å². The number of fused-ring (bicyclic) bond motifs is 4. The number of alkyl halides is 6. The maximum atomic E-state index is 14.6. The van der Waals surface area contributed by atoms with Crippen LogP contribution in [0.25, 0.3) is 0 Å². The molecule has 8 aliphatic heterocycles. The molecule has 270 valence electrons. The molecule has 0 amide bonds. The average Bonchev–Trinajstić information content (AvgIpc) is 3.38. The minimum absolute atomic E-state index is 0.0152. The molecule has 2 saturated carbocycles. The molecule has 16 heteroatoms. The first kappa shape index (κ1) is 34.2. The van der Waals surface area contributed by atoms with Crippen LogP contribution >= 0.6 is 21.6 Å². The van der Waals surface area contributed by atoms with Crippen LogP contribution in [0.4, 0.5) is 26.3 Å². The Morgan fingerprint density at radius 1 is 0.604 bits per heavy atom. The fourth-order valence-corrected chi connectivity index (χ4v) is 12.4. The van der Waals surface area contributed by atoms with Crippen LogP contribution in [0.5, 0.6) is 0 Å². The highest BCUT2D eigenvalue weighted by atomic mass is 33.1. The van der Waals surface area contributed by atoms with Gasteiger partial charge in [-0.15, -0.1) is 0 Å². The van der Waals surface area contributed by atoms with Crippen LogP contribution < -0.4 is 0 Å². The van der Waals surface area contributed by atoms with Gasteiger partial charge in [-0.25, -0.2) is 19.6 Å². The van der Waals surface area contributed by atoms with E-state index in [0.717, 1.165) is 21.6 Å². The summed E-state index contributed by atoms with van der Waals surface area (Å²) in [6, 6.07) is 0. The fourth-order valence-electron chi connectivity index (χ4n) is 10.0. The normalized spacial score (nSPS) is 48.3. The molecule has 0 N–H and O–H groups in total. The molecule has 10 rings (SSSR count). The van der Waals surface area contributed by atoms with Crippen molar-refractivity contribution in [3.8, 4) is 0 Å². The van der Waals surface area contributed by atoms with E-state index in [-0.39, 0.29) is 46.3 Å². The second-order valence-electron chi connectivity index (χ2n) is 15.2. The van der Waals surface area contributed by atoms with Gasteiger partial charge < -0.3 is 18.9 Å². The van der Waals surface area contributed by atoms with E-state index in [2.05, 4.69) is 13.8 Å². The Balaban J connectivity index is 1.09. The molecule has 0 aromatic rings. The van der Waals surface area contributed by atoms with E-state index in [1.54, 1.807) is 13.8 Å². The highest BCUT2D eigenvalue weighted by molar-refractivity contribution is 8.76. The quantitative estimate of drug-likeness (QED) is 0.119. The third-order valence-corrected chi connectivity index (χ3v) is 14.6. The summed E-state index contributed by atoms with van der Waals surface area (Å²) in [5.74, 6) is -6.45. The summed E-state index contributed by atoms with van der Waals surface area (Å²) in [6.07, 6.45) is -7.89. The van der Waals surface area contributed by atoms with Gasteiger partial charge in [0, 0.05) is 48.0 Å². The number of ether oxygens (including phenoxy) is 4. The molecule has 2 spiro atoms. The third-order valence-electron chi connectivity index (χ3n) is 12.3. The number of halogens is 6. The predicted molar refractivity (Wildman–Crippen MR) is 159 cm³/mol. The van der Waals surface area contributed by atoms with Crippen LogP contribution in [0, 0.1) is 35.5 Å². The van der Waals surface area contributed by atoms with Gasteiger partial charge in [-0.3, -0.25) is 0 Å². The standard InChI is InChI=1S/C32H40F6O8S2/c1-15-5-7-21-17(23(31(33,34)35)39-25-29(21)19(15)9-11-27(3,41-25)43-45-29)13-47-48-14-18-22-8-6-16(2)20-10-12-28(4)42-26(30(20,22)46-44-28)40-24(18)32(36,37)38/h15-16,19-22,25-26H,5-14H2,1-4H3/t15-,16-,19?,20?,21+,22+,25-,26?,27+,28+,29-,30-/m1/s1. The van der Waals surface area contributed by atoms with Crippen molar-refractivity contribution < 1.29 is 64.8 Å². The van der Waals surface area contributed by atoms with E-state index in [1.165, 1.54) is 0 Å². The summed E-state index contributed by atoms with van der Waals surface area (Å²) in [6.45, 7) is 7.40. The van der Waals surface area contributed by atoms with E-state index in [9.17, 15) is 26.3 Å². The highest BCUT2D eigenvalue weighted by Gasteiger charge is 2.72. The van der Waals surface area contributed by atoms with Gasteiger partial charge in [-0.05, 0) is 75.4 Å². The van der Waals surface area contributed by atoms with Gasteiger partial charge in [0.05, 0.1) is 0 Å². The molecule has 0 aromatic carbocycles. The van der Waals surface area contributed by atoms with Crippen molar-refractivity contribution in [3.63, 3.8) is 0 Å². The number of hydrogen-bond acceptors (Lipinski definition) is 10. The summed E-state index contributed by atoms with van der Waals surface area (Å²) in [4.78, 5) is 23.6. The Morgan fingerprint density at radius 2 is 1.00 bits per heavy atom. The molecular formula is C32H40F6O8S2. The summed E-state index contributed by atoms with van der Waals surface area (Å²) in [5, 5.41) is 0. The smallest absolute Gasteiger partial charge is 0.449 e. The van der Waals surface area contributed by atoms with Gasteiger partial charge in [0.25, 0.3) is 0 Å². The highest BCUT2D eigenvalue weighted by Crippen LogP contribution is 2.64. The van der Waals surface area contributed by atoms with Crippen LogP contribution in [0.15, 0.2) is 22.7 Å². The molecular weight excluding hydrogens is 690 g/mol. The first-order valence-electron chi connectivity index (χ1n) is 16.8. The first-order chi connectivity index (χ1) is 22.5. The molecule has 2 aliphatic carbocycles. The van der Waals surface area contributed by atoms with Crippen molar-refractivity contribution in [1.29, 1.82) is 0 Å². The molecule has 48 heavy (non-hydrogen) atoms. The van der Waals surface area contributed by atoms with E-state index in [1.807, 2.05) is 0 Å². The number of allylic oxidation sites excluding steroid dienone is 2. The fraction of sp³-hybridized carbons (Fsp3) is 0.875. The Labute approximate surface area is 282 Å². The van der Waals surface area contributed by atoms with E-state index >= 15 is 0 Å². The first-order valence-corrected chi connectivity index (χ1v) is 19.3. The summed E-state index contributed by atoms with van der Waals surface area (Å²) in [7, 11) is 2.12. The van der Waals surface area contributed by atoms with Gasteiger partial charge in [0.15, 0.2) is 11.2 Å². The lowest BCUT2D eigenvalue weighted by molar-refractivity contribution is -0.557. The second kappa shape index (κ2) is 11.3. The van der Waals surface area contributed by atoms with Crippen molar-refractivity contribution in [1.82, 2.24) is 0 Å². The number of rotatable bonds is 5. The molecule has 10 aliphatic rings. The summed E-state index contributed by atoms with van der Waals surface area (Å²) >= 11 is 0. The van der Waals surface area contributed by atoms with Gasteiger partial charge in [-0.1, -0.05) is 35.4 Å². The molecule has 0 aromatic heterocycles. The Kier molecular flexibility index (Phi) is 8.06. The zero-order chi connectivity index (χ0) is 34.1. The molecule has 8 heterocycles. The minimum Gasteiger partial charge on any atom is -0.456 e. The van der Waals surface area contributed by atoms with Crippen LogP contribution in [0.2, 0.25) is 0 Å². The molecule has 12 atom stereocenters. The van der Waals surface area contributed by atoms with Crippen molar-refractivity contribution in [2.24, 2.45) is 35.5 Å². The van der Waals surface area contributed by atoms with Crippen molar-refractivity contribution in [3.05, 3.63) is 22.7 Å². The van der Waals surface area contributed by atoms with E-state index in [4.69, 9.17) is 38.5 Å². The van der Waals surface area contributed by atoms with Gasteiger partial charge >= 0.3 is 12.4 Å². The second-order valence-corrected chi connectivity index (χ2v) is 17.6. The topological polar surface area (TPSA) is 73.8 Å². The monoisotopic (exact) mass is 730 g/mol. The third kappa shape index (κ3) is 5.03. The largest absolute Gasteiger partial charge is 0.456 e. The molecule has 3 unspecified atom stereocenters. The molecule has 0 radical (unpaired) electrons. The Morgan fingerprint density at radius 3 is 1.38 bits per heavy atom. The zero-order valence-electron chi connectivity index (χ0n) is 27.0. The van der Waals surface area contributed by atoms with Crippen molar-refractivity contribution in [2.75, 3.05) is 11.5 Å². The Hall–Kier alpha value is -0.880. The zero-order valence-corrected chi connectivity index (χ0v) is 28.7. The van der Waals surface area contributed by atoms with Gasteiger partial charge in [0.1, 0.15) is 0 Å². The maximum absolute atomic E-state index is 14.6. The predicted octanol–water partition coefficient (Wildman–Crippen LogP) is 8.49. The molecule has 4 bridgehead atoms. The van der Waals surface area contributed by atoms with E-state index in [0.29, 0.717) is 51.4 Å². The maximum Gasteiger partial charge on any atom is 0.449 e. The van der Waals surface area contributed by atoms with Gasteiger partial charge in [0.2, 0.25) is 35.7 Å². The Bertz CT molecular complexity index is 1290. The lowest BCUT2D eigenvalue weighted by Gasteiger charge is -2.57. The molecule has 8 fully saturated rings. The van der Waals surface area contributed by atoms with Gasteiger partial charge in [-0.2, -0.15) is 26.3 Å². The number of hydrogen-bond donors (Lipinski definition) is 0. The van der Waals surface area contributed by atoms with Crippen molar-refractivity contribution in [2.45, 2.75) is 127 Å². The van der Waals surface area contributed by atoms with Crippen LogP contribution in [0.3, 0.4) is 0 Å². The SMILES string of the molecule is C[C@@H]1CC[C@H]2C(CSSCC3=C(C(F)(F)F)O[C@@H]4O[C@]5(C)CCC6[C@H](C)CC[C@@H]3[C@]64OO5)=C(C(F)(F)F)OC3O[C@]4(C)CCC1[C@]32OO4. The average molecular weight is 731 g/mol. The lowest BCUT2D eigenvalue weighted by atomic mass is 9.59. The molecule has 6 saturated heterocycles. The van der Waals surface area contributed by atoms with Crippen LogP contribution in [-0.2, 0) is 38.5 Å². The van der Waals surface area contributed by atoms with E-state index < -0.39 is 71.1 Å². The summed E-state index contributed by atoms with van der Waals surface area (Å²) in [5.41, 5.74) is -2.50.